The summed E-state index contributed by atoms with van der Waals surface area (Å²) in [5, 5.41) is 19.1. The van der Waals surface area contributed by atoms with Crippen LogP contribution in [0.2, 0.25) is 0 Å². The summed E-state index contributed by atoms with van der Waals surface area (Å²) in [5.41, 5.74) is -0.580. The molecule has 1 aromatic heterocycles. The Kier molecular flexibility index (Phi) is 3.71. The van der Waals surface area contributed by atoms with Gasteiger partial charge in [-0.25, -0.2) is 0 Å². The SMILES string of the molecule is O=c1c(Cc2ccc(C(F)(F)F)cc2)coc2cc(O)cc(O)c12. The molecule has 0 radical (unpaired) electrons. The minimum atomic E-state index is -4.42. The lowest BCUT2D eigenvalue weighted by Crippen LogP contribution is -2.10. The van der Waals surface area contributed by atoms with Gasteiger partial charge in [-0.05, 0) is 17.7 Å². The van der Waals surface area contributed by atoms with E-state index in [9.17, 15) is 28.2 Å². The first-order chi connectivity index (χ1) is 11.3. The molecule has 2 N–H and O–H groups in total. The second-order valence-electron chi connectivity index (χ2n) is 5.30. The van der Waals surface area contributed by atoms with Crippen LogP contribution in [0.15, 0.2) is 51.9 Å². The van der Waals surface area contributed by atoms with Crippen molar-refractivity contribution in [3.8, 4) is 11.5 Å². The summed E-state index contributed by atoms with van der Waals surface area (Å²) >= 11 is 0. The molecule has 3 rings (SSSR count). The van der Waals surface area contributed by atoms with Gasteiger partial charge in [-0.1, -0.05) is 12.1 Å². The van der Waals surface area contributed by atoms with Crippen LogP contribution in [0.1, 0.15) is 16.7 Å². The molecule has 0 atom stereocenters. The van der Waals surface area contributed by atoms with Crippen molar-refractivity contribution in [1.29, 1.82) is 0 Å². The summed E-state index contributed by atoms with van der Waals surface area (Å²) < 4.78 is 42.9. The molecule has 3 aromatic rings. The van der Waals surface area contributed by atoms with Crippen molar-refractivity contribution in [2.75, 3.05) is 0 Å². The number of phenolic OH excluding ortho intramolecular Hbond substituents is 2. The Hall–Kier alpha value is -2.96. The smallest absolute Gasteiger partial charge is 0.416 e. The standard InChI is InChI=1S/C17H11F3O4/c18-17(19,20)11-3-1-9(2-4-11)5-10-8-24-14-7-12(21)6-13(22)15(14)16(10)23/h1-4,6-8,21-22H,5H2. The lowest BCUT2D eigenvalue weighted by atomic mass is 10.0. The molecule has 0 aliphatic rings. The van der Waals surface area contributed by atoms with Crippen LogP contribution in [0.5, 0.6) is 11.5 Å². The molecule has 4 nitrogen and oxygen atoms in total. The quantitative estimate of drug-likeness (QED) is 0.746. The molecule has 1 heterocycles. The van der Waals surface area contributed by atoms with Gasteiger partial charge in [0, 0.05) is 24.1 Å². The van der Waals surface area contributed by atoms with E-state index in [1.54, 1.807) is 0 Å². The Morgan fingerprint density at radius 2 is 1.71 bits per heavy atom. The maximum absolute atomic E-state index is 12.5. The van der Waals surface area contributed by atoms with E-state index >= 15 is 0 Å². The van der Waals surface area contributed by atoms with Gasteiger partial charge < -0.3 is 14.6 Å². The van der Waals surface area contributed by atoms with Crippen molar-refractivity contribution in [3.05, 3.63) is 69.6 Å². The van der Waals surface area contributed by atoms with E-state index in [4.69, 9.17) is 4.42 Å². The normalized spacial score (nSPS) is 11.8. The Morgan fingerprint density at radius 3 is 2.33 bits per heavy atom. The van der Waals surface area contributed by atoms with E-state index in [2.05, 4.69) is 0 Å². The first kappa shape index (κ1) is 15.9. The maximum Gasteiger partial charge on any atom is 0.416 e. The lowest BCUT2D eigenvalue weighted by molar-refractivity contribution is -0.137. The molecule has 7 heteroatoms. The van der Waals surface area contributed by atoms with Gasteiger partial charge in [0.2, 0.25) is 0 Å². The Labute approximate surface area is 133 Å². The number of rotatable bonds is 2. The van der Waals surface area contributed by atoms with Crippen LogP contribution in [0.4, 0.5) is 13.2 Å². The van der Waals surface area contributed by atoms with Gasteiger partial charge in [0.15, 0.2) is 5.43 Å². The van der Waals surface area contributed by atoms with E-state index in [1.807, 2.05) is 0 Å². The predicted molar refractivity (Wildman–Crippen MR) is 80.1 cm³/mol. The Balaban J connectivity index is 1.99. The van der Waals surface area contributed by atoms with Crippen LogP contribution >= 0.6 is 0 Å². The first-order valence-corrected chi connectivity index (χ1v) is 6.88. The summed E-state index contributed by atoms with van der Waals surface area (Å²) in [7, 11) is 0. The van der Waals surface area contributed by atoms with Crippen LogP contribution in [0, 0.1) is 0 Å². The highest BCUT2D eigenvalue weighted by atomic mass is 19.4. The summed E-state index contributed by atoms with van der Waals surface area (Å²) in [5.74, 6) is -0.674. The van der Waals surface area contributed by atoms with E-state index in [-0.39, 0.29) is 28.7 Å². The third-order valence-electron chi connectivity index (χ3n) is 3.59. The topological polar surface area (TPSA) is 70.7 Å². The highest BCUT2D eigenvalue weighted by Gasteiger charge is 2.29. The largest absolute Gasteiger partial charge is 0.508 e. The van der Waals surface area contributed by atoms with Gasteiger partial charge in [0.25, 0.3) is 0 Å². The number of alkyl halides is 3. The lowest BCUT2D eigenvalue weighted by Gasteiger charge is -2.08. The fourth-order valence-corrected chi connectivity index (χ4v) is 2.41. The fourth-order valence-electron chi connectivity index (χ4n) is 2.41. The van der Waals surface area contributed by atoms with E-state index in [0.717, 1.165) is 18.2 Å². The van der Waals surface area contributed by atoms with E-state index in [0.29, 0.717) is 5.56 Å². The molecule has 0 saturated heterocycles. The van der Waals surface area contributed by atoms with Crippen LogP contribution in [-0.2, 0) is 12.6 Å². The fraction of sp³-hybridized carbons (Fsp3) is 0.118. The van der Waals surface area contributed by atoms with Gasteiger partial charge in [-0.2, -0.15) is 13.2 Å². The summed E-state index contributed by atoms with van der Waals surface area (Å²) in [6.45, 7) is 0. The second kappa shape index (κ2) is 5.59. The monoisotopic (exact) mass is 336 g/mol. The van der Waals surface area contributed by atoms with Gasteiger partial charge in [-0.15, -0.1) is 0 Å². The van der Waals surface area contributed by atoms with Crippen molar-refractivity contribution >= 4 is 11.0 Å². The van der Waals surface area contributed by atoms with Gasteiger partial charge >= 0.3 is 6.18 Å². The highest BCUT2D eigenvalue weighted by molar-refractivity contribution is 5.85. The maximum atomic E-state index is 12.5. The van der Waals surface area contributed by atoms with Crippen LogP contribution < -0.4 is 5.43 Å². The van der Waals surface area contributed by atoms with E-state index < -0.39 is 22.9 Å². The summed E-state index contributed by atoms with van der Waals surface area (Å²) in [4.78, 5) is 12.4. The molecule has 2 aromatic carbocycles. The number of fused-ring (bicyclic) bond motifs is 1. The molecule has 0 unspecified atom stereocenters. The Morgan fingerprint density at radius 1 is 1.04 bits per heavy atom. The Bertz CT molecular complexity index is 956. The van der Waals surface area contributed by atoms with Crippen molar-refractivity contribution in [2.24, 2.45) is 0 Å². The molecule has 0 bridgehead atoms. The third-order valence-corrected chi connectivity index (χ3v) is 3.59. The number of phenols is 2. The number of halogens is 3. The molecule has 0 aliphatic heterocycles. The van der Waals surface area contributed by atoms with Gasteiger partial charge in [0.1, 0.15) is 22.5 Å². The van der Waals surface area contributed by atoms with Crippen molar-refractivity contribution < 1.29 is 27.8 Å². The third kappa shape index (κ3) is 2.92. The molecule has 0 saturated carbocycles. The summed E-state index contributed by atoms with van der Waals surface area (Å²) in [6.07, 6.45) is -3.20. The number of benzene rings is 2. The van der Waals surface area contributed by atoms with Crippen LogP contribution in [0.3, 0.4) is 0 Å². The molecule has 0 fully saturated rings. The molecule has 24 heavy (non-hydrogen) atoms. The predicted octanol–water partition coefficient (Wildman–Crippen LogP) is 3.81. The minimum Gasteiger partial charge on any atom is -0.508 e. The van der Waals surface area contributed by atoms with Crippen molar-refractivity contribution in [2.45, 2.75) is 12.6 Å². The van der Waals surface area contributed by atoms with Crippen LogP contribution in [-0.4, -0.2) is 10.2 Å². The number of hydrogen-bond donors (Lipinski definition) is 2. The molecule has 124 valence electrons. The zero-order valence-corrected chi connectivity index (χ0v) is 12.1. The molecule has 0 amide bonds. The summed E-state index contributed by atoms with van der Waals surface area (Å²) in [6, 6.07) is 6.65. The first-order valence-electron chi connectivity index (χ1n) is 6.88. The molecule has 0 aliphatic carbocycles. The van der Waals surface area contributed by atoms with E-state index in [1.165, 1.54) is 24.5 Å². The molecular formula is C17H11F3O4. The van der Waals surface area contributed by atoms with Gasteiger partial charge in [0.05, 0.1) is 11.8 Å². The van der Waals surface area contributed by atoms with Gasteiger partial charge in [-0.3, -0.25) is 4.79 Å². The van der Waals surface area contributed by atoms with Crippen molar-refractivity contribution in [1.82, 2.24) is 0 Å². The molecular weight excluding hydrogens is 325 g/mol. The number of hydrogen-bond acceptors (Lipinski definition) is 4. The second-order valence-corrected chi connectivity index (χ2v) is 5.30. The number of aromatic hydroxyl groups is 2. The minimum absolute atomic E-state index is 0.0219. The zero-order chi connectivity index (χ0) is 17.5. The molecule has 0 spiro atoms. The van der Waals surface area contributed by atoms with Crippen LogP contribution in [0.25, 0.3) is 11.0 Å². The average Bonchev–Trinajstić information content (AvgIpc) is 2.49. The van der Waals surface area contributed by atoms with Crippen molar-refractivity contribution in [3.63, 3.8) is 0 Å². The average molecular weight is 336 g/mol. The highest BCUT2D eigenvalue weighted by Crippen LogP contribution is 2.30. The zero-order valence-electron chi connectivity index (χ0n) is 12.1.